The van der Waals surface area contributed by atoms with Crippen LogP contribution in [0.25, 0.3) is 0 Å². The fraction of sp³-hybridized carbons (Fsp3) is 0.588. The maximum absolute atomic E-state index is 14.7. The summed E-state index contributed by atoms with van der Waals surface area (Å²) in [5, 5.41) is 13.0. The van der Waals surface area contributed by atoms with Gasteiger partial charge in [0.1, 0.15) is 17.7 Å². The molecule has 0 saturated carbocycles. The van der Waals surface area contributed by atoms with Gasteiger partial charge in [-0.15, -0.1) is 13.2 Å². The van der Waals surface area contributed by atoms with E-state index in [0.717, 1.165) is 18.8 Å². The summed E-state index contributed by atoms with van der Waals surface area (Å²) >= 11 is 3.67. The molecule has 0 radical (unpaired) electrons. The van der Waals surface area contributed by atoms with Crippen LogP contribution >= 0.6 is 15.9 Å². The molecule has 1 aromatic rings. The van der Waals surface area contributed by atoms with Crippen LogP contribution in [0.1, 0.15) is 47.0 Å². The van der Waals surface area contributed by atoms with Gasteiger partial charge < -0.3 is 34.6 Å². The molecule has 1 spiro atoms. The number of halogens is 1. The first-order valence-electron chi connectivity index (χ1n) is 16.1. The number of carbonyl (C=O) groups is 4. The molecule has 3 aliphatic heterocycles. The summed E-state index contributed by atoms with van der Waals surface area (Å²) in [7, 11) is 0. The molecule has 3 saturated heterocycles. The molecule has 1 unspecified atom stereocenters. The van der Waals surface area contributed by atoms with Crippen LogP contribution in [0.2, 0.25) is 0 Å². The van der Waals surface area contributed by atoms with E-state index in [9.17, 15) is 24.3 Å². The third-order valence-electron chi connectivity index (χ3n) is 9.32. The molecule has 3 aliphatic rings. The number of alkyl halides is 1. The second kappa shape index (κ2) is 15.1. The molecule has 11 nitrogen and oxygen atoms in total. The summed E-state index contributed by atoms with van der Waals surface area (Å²) in [4.78, 5) is 59.6. The summed E-state index contributed by atoms with van der Waals surface area (Å²) in [6.45, 7) is 16.6. The number of hydrogen-bond acceptors (Lipinski definition) is 8. The highest BCUT2D eigenvalue weighted by atomic mass is 79.9. The lowest BCUT2D eigenvalue weighted by atomic mass is 9.70. The van der Waals surface area contributed by atoms with Crippen molar-refractivity contribution in [2.45, 2.75) is 81.7 Å². The first-order chi connectivity index (χ1) is 22.0. The summed E-state index contributed by atoms with van der Waals surface area (Å²) in [5.41, 5.74) is 0.340. The quantitative estimate of drug-likeness (QED) is 0.153. The standard InChI is InChI=1S/C34H47BrN4O7/c1-7-11-12-26(41)36-19-22(6)45-33(44)27-28-31(42)39(21(5)20-40)30(34(28)18-25(35)29(27)46-34)32(43)38(17-8-2)24-15-13-23(14-16-24)37(9-3)10-4/h7-8,13-16,21-22,25,27-30,40H,1-2,9-12,17-20H2,3-6H3,(H,36,41)/t21-,22-,25?,27-,28+,29-,30-,34+/m1/s1. The van der Waals surface area contributed by atoms with Crippen LogP contribution < -0.4 is 15.1 Å². The Morgan fingerprint density at radius 3 is 2.41 bits per heavy atom. The van der Waals surface area contributed by atoms with Crippen LogP contribution in [0.5, 0.6) is 0 Å². The van der Waals surface area contributed by atoms with Crippen LogP contribution in [-0.4, -0.2) is 101 Å². The normalized spacial score (nSPS) is 27.5. The monoisotopic (exact) mass is 702 g/mol. The van der Waals surface area contributed by atoms with Gasteiger partial charge in [-0.1, -0.05) is 28.1 Å². The van der Waals surface area contributed by atoms with E-state index in [1.54, 1.807) is 30.9 Å². The van der Waals surface area contributed by atoms with Gasteiger partial charge in [0.15, 0.2) is 0 Å². The molecule has 4 rings (SSSR count). The van der Waals surface area contributed by atoms with Crippen molar-refractivity contribution in [2.75, 3.05) is 42.6 Å². The second-order valence-electron chi connectivity index (χ2n) is 12.2. The predicted octanol–water partition coefficient (Wildman–Crippen LogP) is 3.19. The van der Waals surface area contributed by atoms with Crippen LogP contribution in [0.3, 0.4) is 0 Å². The number of anilines is 2. The summed E-state index contributed by atoms with van der Waals surface area (Å²) in [6, 6.07) is 5.86. The summed E-state index contributed by atoms with van der Waals surface area (Å²) in [5.74, 6) is -3.56. The molecular formula is C34H47BrN4O7. The van der Waals surface area contributed by atoms with Crippen molar-refractivity contribution in [1.29, 1.82) is 0 Å². The van der Waals surface area contributed by atoms with Gasteiger partial charge in [-0.3, -0.25) is 19.2 Å². The maximum Gasteiger partial charge on any atom is 0.312 e. The van der Waals surface area contributed by atoms with Crippen molar-refractivity contribution in [3.8, 4) is 0 Å². The Labute approximate surface area is 280 Å². The van der Waals surface area contributed by atoms with Crippen LogP contribution in [0.15, 0.2) is 49.6 Å². The number of fused-ring (bicyclic) bond motifs is 1. The number of nitrogens with one attached hydrogen (secondary N) is 1. The number of esters is 1. The van der Waals surface area contributed by atoms with E-state index < -0.39 is 53.6 Å². The lowest BCUT2D eigenvalue weighted by molar-refractivity contribution is -0.159. The Bertz CT molecular complexity index is 1300. The Balaban J connectivity index is 1.64. The fourth-order valence-electron chi connectivity index (χ4n) is 7.11. The largest absolute Gasteiger partial charge is 0.460 e. The van der Waals surface area contributed by atoms with E-state index in [1.165, 1.54) is 4.90 Å². The van der Waals surface area contributed by atoms with E-state index in [-0.39, 0.29) is 42.8 Å². The molecular weight excluding hydrogens is 656 g/mol. The fourth-order valence-corrected chi connectivity index (χ4v) is 8.05. The lowest BCUT2D eigenvalue weighted by Gasteiger charge is -2.38. The van der Waals surface area contributed by atoms with Gasteiger partial charge in [0.2, 0.25) is 11.8 Å². The highest BCUT2D eigenvalue weighted by molar-refractivity contribution is 9.09. The van der Waals surface area contributed by atoms with Gasteiger partial charge in [-0.25, -0.2) is 0 Å². The van der Waals surface area contributed by atoms with Crippen molar-refractivity contribution in [1.82, 2.24) is 10.2 Å². The molecule has 2 bridgehead atoms. The molecule has 3 heterocycles. The molecule has 8 atom stereocenters. The number of amides is 3. The van der Waals surface area contributed by atoms with E-state index in [0.29, 0.717) is 18.5 Å². The Morgan fingerprint density at radius 2 is 1.83 bits per heavy atom. The number of likely N-dealkylation sites (tertiary alicyclic amines) is 1. The Morgan fingerprint density at radius 1 is 1.17 bits per heavy atom. The van der Waals surface area contributed by atoms with Crippen LogP contribution in [-0.2, 0) is 28.7 Å². The molecule has 2 N–H and O–H groups in total. The highest BCUT2D eigenvalue weighted by Crippen LogP contribution is 2.60. The van der Waals surface area contributed by atoms with E-state index in [4.69, 9.17) is 9.47 Å². The minimum atomic E-state index is -1.32. The van der Waals surface area contributed by atoms with Crippen LogP contribution in [0, 0.1) is 11.8 Å². The minimum absolute atomic E-state index is 0.111. The highest BCUT2D eigenvalue weighted by Gasteiger charge is 2.77. The lowest BCUT2D eigenvalue weighted by Crippen LogP contribution is -2.58. The molecule has 12 heteroatoms. The first kappa shape index (κ1) is 35.6. The average molecular weight is 704 g/mol. The zero-order chi connectivity index (χ0) is 33.8. The number of ether oxygens (including phenoxy) is 2. The molecule has 3 amide bonds. The maximum atomic E-state index is 14.7. The van der Waals surface area contributed by atoms with E-state index >= 15 is 0 Å². The van der Waals surface area contributed by atoms with Crippen molar-refractivity contribution in [3.63, 3.8) is 0 Å². The molecule has 1 aromatic carbocycles. The number of aliphatic hydroxyl groups is 1. The van der Waals surface area contributed by atoms with Crippen LogP contribution in [0.4, 0.5) is 11.4 Å². The molecule has 0 aromatic heterocycles. The number of rotatable bonds is 16. The molecule has 0 aliphatic carbocycles. The van der Waals surface area contributed by atoms with Crippen molar-refractivity contribution >= 4 is 51.0 Å². The number of nitrogens with zero attached hydrogens (tertiary/aromatic N) is 3. The van der Waals surface area contributed by atoms with Crippen molar-refractivity contribution in [2.24, 2.45) is 11.8 Å². The number of benzene rings is 1. The third-order valence-corrected chi connectivity index (χ3v) is 10.2. The molecule has 3 fully saturated rings. The zero-order valence-electron chi connectivity index (χ0n) is 27.2. The topological polar surface area (TPSA) is 129 Å². The number of aliphatic hydroxyl groups excluding tert-OH is 1. The Kier molecular flexibility index (Phi) is 11.7. The Hall–Kier alpha value is -3.22. The minimum Gasteiger partial charge on any atom is -0.460 e. The van der Waals surface area contributed by atoms with Gasteiger partial charge in [0, 0.05) is 42.3 Å². The van der Waals surface area contributed by atoms with Crippen molar-refractivity contribution < 1.29 is 33.8 Å². The van der Waals surface area contributed by atoms with Gasteiger partial charge in [0.25, 0.3) is 5.91 Å². The molecule has 46 heavy (non-hydrogen) atoms. The van der Waals surface area contributed by atoms with Gasteiger partial charge in [-0.2, -0.15) is 0 Å². The number of hydrogen-bond donors (Lipinski definition) is 2. The van der Waals surface area contributed by atoms with E-state index in [1.807, 2.05) is 24.3 Å². The predicted molar refractivity (Wildman–Crippen MR) is 180 cm³/mol. The average Bonchev–Trinajstić information content (AvgIpc) is 3.65. The van der Waals surface area contributed by atoms with Gasteiger partial charge in [-0.05, 0) is 64.8 Å². The number of carbonyl (C=O) groups excluding carboxylic acids is 4. The SMILES string of the molecule is C=CCCC(=O)NC[C@@H](C)OC(=O)[C@H]1[C@@H]2O[C@@]3(CC2Br)[C@@H]1C(=O)N([C@H](C)CO)[C@@H]3C(=O)N(CC=C)c1ccc(N(CC)CC)cc1. The van der Waals surface area contributed by atoms with Crippen molar-refractivity contribution in [3.05, 3.63) is 49.6 Å². The second-order valence-corrected chi connectivity index (χ2v) is 13.4. The summed E-state index contributed by atoms with van der Waals surface area (Å²) < 4.78 is 12.3. The van der Waals surface area contributed by atoms with E-state index in [2.05, 4.69) is 53.2 Å². The molecule has 252 valence electrons. The third kappa shape index (κ3) is 6.61. The number of allylic oxidation sites excluding steroid dienone is 1. The smallest absolute Gasteiger partial charge is 0.312 e. The summed E-state index contributed by atoms with van der Waals surface area (Å²) in [6.07, 6.45) is 3.06. The van der Waals surface area contributed by atoms with Gasteiger partial charge in [0.05, 0.1) is 37.1 Å². The zero-order valence-corrected chi connectivity index (χ0v) is 28.8. The first-order valence-corrected chi connectivity index (χ1v) is 17.0. The van der Waals surface area contributed by atoms with Gasteiger partial charge >= 0.3 is 5.97 Å².